The molecule has 0 unspecified atom stereocenters. The first-order valence-corrected chi connectivity index (χ1v) is 12.7. The van der Waals surface area contributed by atoms with Crippen molar-refractivity contribution in [3.05, 3.63) is 123 Å². The zero-order valence-corrected chi connectivity index (χ0v) is 21.0. The molecule has 10 heteroatoms. The number of nitrogens with zero attached hydrogens (tertiary/aromatic N) is 4. The van der Waals surface area contributed by atoms with E-state index in [1.807, 2.05) is 60.0 Å². The Morgan fingerprint density at radius 3 is 2.31 bits per heavy atom. The SMILES string of the molecule is O=[N+]([O-])c1cc2c(cc1C=Nn1c(-c3ccc(-c4ccccc4)cc3)csc1=Nc1ccccc1F)OCO2. The molecule has 5 aromatic rings. The molecule has 4 aromatic carbocycles. The Labute approximate surface area is 225 Å². The highest BCUT2D eigenvalue weighted by Crippen LogP contribution is 2.37. The Bertz CT molecular complexity index is 1780. The minimum Gasteiger partial charge on any atom is -0.454 e. The van der Waals surface area contributed by atoms with Gasteiger partial charge in [-0.25, -0.2) is 14.1 Å². The van der Waals surface area contributed by atoms with Crippen LogP contribution < -0.4 is 14.3 Å². The number of benzene rings is 4. The van der Waals surface area contributed by atoms with Crippen LogP contribution in [-0.4, -0.2) is 22.6 Å². The van der Waals surface area contributed by atoms with Crippen molar-refractivity contribution in [3.63, 3.8) is 0 Å². The molecule has 0 bridgehead atoms. The summed E-state index contributed by atoms with van der Waals surface area (Å²) in [5.41, 5.74) is 3.88. The maximum Gasteiger partial charge on any atom is 0.282 e. The number of aromatic nitrogens is 1. The van der Waals surface area contributed by atoms with Crippen molar-refractivity contribution in [2.45, 2.75) is 0 Å². The molecule has 0 saturated heterocycles. The Balaban J connectivity index is 1.47. The zero-order valence-electron chi connectivity index (χ0n) is 20.2. The first-order chi connectivity index (χ1) is 19.1. The smallest absolute Gasteiger partial charge is 0.282 e. The molecule has 39 heavy (non-hydrogen) atoms. The van der Waals surface area contributed by atoms with Gasteiger partial charge in [0, 0.05) is 10.9 Å². The third kappa shape index (κ3) is 4.92. The van der Waals surface area contributed by atoms with Crippen molar-refractivity contribution >= 4 is 28.9 Å². The molecule has 0 atom stereocenters. The summed E-state index contributed by atoms with van der Waals surface area (Å²) in [6.45, 7) is -0.0127. The van der Waals surface area contributed by atoms with Crippen molar-refractivity contribution in [3.8, 4) is 33.9 Å². The van der Waals surface area contributed by atoms with Crippen molar-refractivity contribution in [2.24, 2.45) is 10.1 Å². The fraction of sp³-hybridized carbons (Fsp3) is 0.0345. The van der Waals surface area contributed by atoms with Gasteiger partial charge in [-0.3, -0.25) is 10.1 Å². The normalized spacial score (nSPS) is 12.8. The molecule has 0 amide bonds. The Hall–Kier alpha value is -5.09. The van der Waals surface area contributed by atoms with Crippen LogP contribution in [0.2, 0.25) is 0 Å². The first-order valence-electron chi connectivity index (χ1n) is 11.8. The van der Waals surface area contributed by atoms with Crippen molar-refractivity contribution in [1.29, 1.82) is 0 Å². The van der Waals surface area contributed by atoms with Gasteiger partial charge in [0.05, 0.1) is 28.5 Å². The maximum absolute atomic E-state index is 14.4. The second kappa shape index (κ2) is 10.3. The second-order valence-corrected chi connectivity index (χ2v) is 9.32. The van der Waals surface area contributed by atoms with Crippen LogP contribution in [0.15, 0.2) is 106 Å². The average Bonchev–Trinajstić information content (AvgIpc) is 3.59. The topological polar surface area (TPSA) is 91.2 Å². The van der Waals surface area contributed by atoms with Crippen molar-refractivity contribution in [1.82, 2.24) is 4.68 Å². The summed E-state index contributed by atoms with van der Waals surface area (Å²) in [5, 5.41) is 18.2. The summed E-state index contributed by atoms with van der Waals surface area (Å²) in [4.78, 5) is 16.1. The zero-order chi connectivity index (χ0) is 26.8. The van der Waals surface area contributed by atoms with E-state index in [1.54, 1.807) is 22.9 Å². The molecule has 0 N–H and O–H groups in total. The number of nitro groups is 1. The van der Waals surface area contributed by atoms with Gasteiger partial charge in [-0.15, -0.1) is 11.3 Å². The molecule has 1 aliphatic rings. The lowest BCUT2D eigenvalue weighted by Crippen LogP contribution is -2.12. The van der Waals surface area contributed by atoms with Gasteiger partial charge < -0.3 is 9.47 Å². The highest BCUT2D eigenvalue weighted by molar-refractivity contribution is 7.07. The van der Waals surface area contributed by atoms with Gasteiger partial charge in [0.2, 0.25) is 11.6 Å². The van der Waals surface area contributed by atoms with Gasteiger partial charge >= 0.3 is 0 Å². The lowest BCUT2D eigenvalue weighted by molar-refractivity contribution is -0.385. The number of halogens is 1. The third-order valence-corrected chi connectivity index (χ3v) is 6.89. The molecular weight excluding hydrogens is 519 g/mol. The van der Waals surface area contributed by atoms with Crippen molar-refractivity contribution < 1.29 is 18.8 Å². The number of fused-ring (bicyclic) bond motifs is 1. The molecule has 0 spiro atoms. The molecule has 0 saturated carbocycles. The summed E-state index contributed by atoms with van der Waals surface area (Å²) in [6, 6.07) is 27.0. The second-order valence-electron chi connectivity index (χ2n) is 8.49. The van der Waals surface area contributed by atoms with E-state index in [9.17, 15) is 14.5 Å². The summed E-state index contributed by atoms with van der Waals surface area (Å²) in [6.07, 6.45) is 1.37. The van der Waals surface area contributed by atoms with E-state index in [1.165, 1.54) is 35.8 Å². The van der Waals surface area contributed by atoms with Gasteiger partial charge in [-0.1, -0.05) is 66.7 Å². The van der Waals surface area contributed by atoms with Gasteiger partial charge in [-0.05, 0) is 29.3 Å². The van der Waals surface area contributed by atoms with E-state index in [0.717, 1.165) is 16.7 Å². The number of rotatable bonds is 6. The van der Waals surface area contributed by atoms with Crippen LogP contribution in [0.1, 0.15) is 5.56 Å². The number of hydrogen-bond acceptors (Lipinski definition) is 7. The average molecular weight is 539 g/mol. The van der Waals surface area contributed by atoms with Crippen LogP contribution >= 0.6 is 11.3 Å². The van der Waals surface area contributed by atoms with Crippen molar-refractivity contribution in [2.75, 3.05) is 6.79 Å². The largest absolute Gasteiger partial charge is 0.454 e. The van der Waals surface area contributed by atoms with Gasteiger partial charge in [-0.2, -0.15) is 5.10 Å². The lowest BCUT2D eigenvalue weighted by Gasteiger charge is -2.06. The molecule has 192 valence electrons. The molecule has 1 aromatic heterocycles. The number of para-hydroxylation sites is 1. The van der Waals surface area contributed by atoms with E-state index in [-0.39, 0.29) is 23.7 Å². The molecule has 0 fully saturated rings. The van der Waals surface area contributed by atoms with Crippen LogP contribution in [0.4, 0.5) is 15.8 Å². The molecule has 8 nitrogen and oxygen atoms in total. The Kier molecular flexibility index (Phi) is 6.44. The molecule has 1 aliphatic heterocycles. The van der Waals surface area contributed by atoms with Crippen LogP contribution in [0.5, 0.6) is 11.5 Å². The van der Waals surface area contributed by atoms with Gasteiger partial charge in [0.1, 0.15) is 11.5 Å². The van der Waals surface area contributed by atoms with Gasteiger partial charge in [0.25, 0.3) is 5.69 Å². The Morgan fingerprint density at radius 2 is 1.56 bits per heavy atom. The number of nitro benzene ring substituents is 1. The summed E-state index contributed by atoms with van der Waals surface area (Å²) in [7, 11) is 0. The predicted octanol–water partition coefficient (Wildman–Crippen LogP) is 6.77. The first kappa shape index (κ1) is 24.3. The summed E-state index contributed by atoms with van der Waals surface area (Å²) >= 11 is 1.28. The van der Waals surface area contributed by atoms with Crippen LogP contribution in [0, 0.1) is 15.9 Å². The minimum absolute atomic E-state index is 0.0127. The number of hydrogen-bond donors (Lipinski definition) is 0. The summed E-state index contributed by atoms with van der Waals surface area (Å²) < 4.78 is 26.6. The van der Waals surface area contributed by atoms with Crippen LogP contribution in [0.3, 0.4) is 0 Å². The molecule has 6 rings (SSSR count). The molecular formula is C29H19FN4O4S. The highest BCUT2D eigenvalue weighted by Gasteiger charge is 2.22. The van der Waals surface area contributed by atoms with E-state index in [2.05, 4.69) is 10.1 Å². The third-order valence-electron chi connectivity index (χ3n) is 6.07. The van der Waals surface area contributed by atoms with E-state index >= 15 is 0 Å². The fourth-order valence-electron chi connectivity index (χ4n) is 4.12. The maximum atomic E-state index is 14.4. The molecule has 0 aliphatic carbocycles. The van der Waals surface area contributed by atoms with Crippen LogP contribution in [-0.2, 0) is 0 Å². The minimum atomic E-state index is -0.505. The molecule has 2 heterocycles. The number of ether oxygens (including phenoxy) is 2. The van der Waals surface area contributed by atoms with E-state index in [0.29, 0.717) is 22.0 Å². The van der Waals surface area contributed by atoms with Crippen LogP contribution in [0.25, 0.3) is 22.4 Å². The van der Waals surface area contributed by atoms with E-state index < -0.39 is 10.7 Å². The molecule has 0 radical (unpaired) electrons. The predicted molar refractivity (Wildman–Crippen MR) is 147 cm³/mol. The van der Waals surface area contributed by atoms with Gasteiger partial charge in [0.15, 0.2) is 11.5 Å². The number of thiazole rings is 1. The fourth-order valence-corrected chi connectivity index (χ4v) is 4.97. The van der Waals surface area contributed by atoms with E-state index in [4.69, 9.17) is 9.47 Å². The quantitative estimate of drug-likeness (QED) is 0.135. The standard InChI is InChI=1S/C29H19FN4O4S/c30-23-8-4-5-9-24(23)32-29-33(31-16-22-14-27-28(38-18-37-27)15-25(22)34(35)36)26(17-39-29)21-12-10-20(11-13-21)19-6-2-1-3-7-19/h1-17H,18H2. The lowest BCUT2D eigenvalue weighted by atomic mass is 10.0. The Morgan fingerprint density at radius 1 is 0.897 bits per heavy atom. The highest BCUT2D eigenvalue weighted by atomic mass is 32.1. The monoisotopic (exact) mass is 538 g/mol. The summed E-state index contributed by atoms with van der Waals surface area (Å²) in [5.74, 6) is 0.225.